The number of pyridine rings is 1. The fraction of sp³-hybridized carbons (Fsp3) is 0.250. The Bertz CT molecular complexity index is 664. The van der Waals surface area contributed by atoms with Gasteiger partial charge in [-0.3, -0.25) is 0 Å². The second-order valence-electron chi connectivity index (χ2n) is 4.22. The summed E-state index contributed by atoms with van der Waals surface area (Å²) in [5, 5.41) is 0.0756. The predicted octanol–water partition coefficient (Wildman–Crippen LogP) is 0.925. The molecule has 0 unspecified atom stereocenters. The molecule has 2 aromatic rings. The summed E-state index contributed by atoms with van der Waals surface area (Å²) in [4.78, 5) is 29.3. The number of carbonyl (C=O) groups is 1. The van der Waals surface area contributed by atoms with Crippen LogP contribution in [0.25, 0.3) is 0 Å². The van der Waals surface area contributed by atoms with Crippen molar-refractivity contribution in [3.8, 4) is 0 Å². The van der Waals surface area contributed by atoms with Crippen molar-refractivity contribution in [3.63, 3.8) is 0 Å². The van der Waals surface area contributed by atoms with Crippen LogP contribution in [0.3, 0.4) is 0 Å². The van der Waals surface area contributed by atoms with E-state index in [1.807, 2.05) is 0 Å². The number of nitrogens with two attached hydrogens (primary N) is 1. The smallest absolute Gasteiger partial charge is 0.341 e. The molecule has 2 rings (SSSR count). The van der Waals surface area contributed by atoms with Crippen LogP contribution in [0.5, 0.6) is 0 Å². The number of esters is 1. The average molecular weight is 309 g/mol. The third-order valence-corrected chi connectivity index (χ3v) is 2.70. The summed E-state index contributed by atoms with van der Waals surface area (Å²) < 4.78 is 5.09. The lowest BCUT2D eigenvalue weighted by Crippen LogP contribution is -2.17. The van der Waals surface area contributed by atoms with E-state index >= 15 is 0 Å². The zero-order chi connectivity index (χ0) is 15.4. The van der Waals surface area contributed by atoms with E-state index in [1.165, 1.54) is 12.3 Å². The molecule has 0 atom stereocenters. The molecule has 2 heterocycles. The van der Waals surface area contributed by atoms with Crippen molar-refractivity contribution in [1.82, 2.24) is 19.9 Å². The molecule has 21 heavy (non-hydrogen) atoms. The van der Waals surface area contributed by atoms with Gasteiger partial charge in [0.15, 0.2) is 12.4 Å². The van der Waals surface area contributed by atoms with E-state index in [4.69, 9.17) is 22.1 Å². The van der Waals surface area contributed by atoms with Gasteiger partial charge in [0.1, 0.15) is 5.15 Å². The standard InChI is InChI=1S/C12H13ClN6O2/c1-19(2)12-17-8(16-11(14)18-12)6-21-10(20)7-4-3-5-15-9(7)13/h3-5H,6H2,1-2H3,(H2,14,16,17,18). The van der Waals surface area contributed by atoms with E-state index in [-0.39, 0.29) is 29.1 Å². The monoisotopic (exact) mass is 308 g/mol. The number of carbonyl (C=O) groups excluding carboxylic acids is 1. The maximum atomic E-state index is 11.9. The summed E-state index contributed by atoms with van der Waals surface area (Å²) in [6, 6.07) is 3.11. The summed E-state index contributed by atoms with van der Waals surface area (Å²) in [6.45, 7) is -0.141. The highest BCUT2D eigenvalue weighted by molar-refractivity contribution is 6.32. The number of hydrogen-bond acceptors (Lipinski definition) is 8. The van der Waals surface area contributed by atoms with Crippen LogP contribution < -0.4 is 10.6 Å². The van der Waals surface area contributed by atoms with Crippen molar-refractivity contribution in [2.75, 3.05) is 24.7 Å². The molecule has 0 amide bonds. The largest absolute Gasteiger partial charge is 0.454 e. The minimum atomic E-state index is -0.613. The molecule has 2 N–H and O–H groups in total. The van der Waals surface area contributed by atoms with Crippen LogP contribution in [0.4, 0.5) is 11.9 Å². The Morgan fingerprint density at radius 3 is 2.81 bits per heavy atom. The summed E-state index contributed by atoms with van der Waals surface area (Å²) >= 11 is 5.81. The molecule has 0 bridgehead atoms. The number of nitrogens with zero attached hydrogens (tertiary/aromatic N) is 5. The lowest BCUT2D eigenvalue weighted by atomic mass is 10.3. The van der Waals surface area contributed by atoms with Gasteiger partial charge in [0.25, 0.3) is 0 Å². The van der Waals surface area contributed by atoms with Crippen LogP contribution in [-0.2, 0) is 11.3 Å². The van der Waals surface area contributed by atoms with Gasteiger partial charge < -0.3 is 15.4 Å². The molecule has 0 aliphatic rings. The number of aromatic nitrogens is 4. The maximum absolute atomic E-state index is 11.9. The SMILES string of the molecule is CN(C)c1nc(N)nc(COC(=O)c2cccnc2Cl)n1. The fourth-order valence-electron chi connectivity index (χ4n) is 1.44. The quantitative estimate of drug-likeness (QED) is 0.656. The number of rotatable bonds is 4. The topological polar surface area (TPSA) is 107 Å². The second kappa shape index (κ2) is 6.31. The molecule has 0 radical (unpaired) electrons. The molecule has 0 fully saturated rings. The number of hydrogen-bond donors (Lipinski definition) is 1. The summed E-state index contributed by atoms with van der Waals surface area (Å²) in [7, 11) is 3.53. The summed E-state index contributed by atoms with van der Waals surface area (Å²) in [5.41, 5.74) is 5.75. The first kappa shape index (κ1) is 14.9. The van der Waals surface area contributed by atoms with Crippen LogP contribution in [0.15, 0.2) is 18.3 Å². The molecule has 0 spiro atoms. The van der Waals surface area contributed by atoms with E-state index in [9.17, 15) is 4.79 Å². The molecule has 0 aliphatic carbocycles. The Hall–Kier alpha value is -2.48. The van der Waals surface area contributed by atoms with Gasteiger partial charge in [-0.05, 0) is 12.1 Å². The average Bonchev–Trinajstić information content (AvgIpc) is 2.44. The van der Waals surface area contributed by atoms with Crippen molar-refractivity contribution >= 4 is 29.5 Å². The molecule has 2 aromatic heterocycles. The highest BCUT2D eigenvalue weighted by Crippen LogP contribution is 2.14. The first-order valence-corrected chi connectivity index (χ1v) is 6.30. The Kier molecular flexibility index (Phi) is 4.49. The molecule has 0 saturated carbocycles. The van der Waals surface area contributed by atoms with Crippen LogP contribution in [-0.4, -0.2) is 40.0 Å². The van der Waals surface area contributed by atoms with Crippen molar-refractivity contribution < 1.29 is 9.53 Å². The molecular formula is C12H13ClN6O2. The van der Waals surface area contributed by atoms with E-state index in [0.717, 1.165) is 0 Å². The van der Waals surface area contributed by atoms with Gasteiger partial charge >= 0.3 is 5.97 Å². The van der Waals surface area contributed by atoms with Gasteiger partial charge in [-0.25, -0.2) is 9.78 Å². The molecule has 0 aromatic carbocycles. The zero-order valence-corrected chi connectivity index (χ0v) is 12.2. The number of anilines is 2. The first-order valence-electron chi connectivity index (χ1n) is 5.92. The van der Waals surface area contributed by atoms with Crippen molar-refractivity contribution in [2.45, 2.75) is 6.61 Å². The zero-order valence-electron chi connectivity index (χ0n) is 11.4. The van der Waals surface area contributed by atoms with Gasteiger partial charge in [0, 0.05) is 20.3 Å². The van der Waals surface area contributed by atoms with Gasteiger partial charge in [-0.1, -0.05) is 11.6 Å². The van der Waals surface area contributed by atoms with E-state index in [1.54, 1.807) is 25.1 Å². The summed E-state index contributed by atoms with van der Waals surface area (Å²) in [6.07, 6.45) is 1.48. The molecule has 110 valence electrons. The van der Waals surface area contributed by atoms with Gasteiger partial charge in [0.05, 0.1) is 5.56 Å². The second-order valence-corrected chi connectivity index (χ2v) is 4.58. The van der Waals surface area contributed by atoms with Crippen LogP contribution in [0.2, 0.25) is 5.15 Å². The van der Waals surface area contributed by atoms with E-state index < -0.39 is 5.97 Å². The Morgan fingerprint density at radius 2 is 2.14 bits per heavy atom. The maximum Gasteiger partial charge on any atom is 0.341 e. The number of ether oxygens (including phenoxy) is 1. The van der Waals surface area contributed by atoms with Crippen molar-refractivity contribution in [3.05, 3.63) is 34.9 Å². The Morgan fingerprint density at radius 1 is 1.38 bits per heavy atom. The van der Waals surface area contributed by atoms with Gasteiger partial charge in [-0.15, -0.1) is 0 Å². The number of halogens is 1. The lowest BCUT2D eigenvalue weighted by molar-refractivity contribution is 0.0462. The molecule has 8 nitrogen and oxygen atoms in total. The highest BCUT2D eigenvalue weighted by atomic mass is 35.5. The van der Waals surface area contributed by atoms with Crippen molar-refractivity contribution in [1.29, 1.82) is 0 Å². The predicted molar refractivity (Wildman–Crippen MR) is 76.9 cm³/mol. The van der Waals surface area contributed by atoms with E-state index in [2.05, 4.69) is 19.9 Å². The van der Waals surface area contributed by atoms with Crippen LogP contribution >= 0.6 is 11.6 Å². The summed E-state index contributed by atoms with van der Waals surface area (Å²) in [5.74, 6) is 0.0742. The Labute approximate surface area is 126 Å². The molecule has 0 saturated heterocycles. The Balaban J connectivity index is 2.10. The van der Waals surface area contributed by atoms with Gasteiger partial charge in [-0.2, -0.15) is 15.0 Å². The van der Waals surface area contributed by atoms with Crippen LogP contribution in [0.1, 0.15) is 16.2 Å². The normalized spacial score (nSPS) is 10.2. The highest BCUT2D eigenvalue weighted by Gasteiger charge is 2.14. The van der Waals surface area contributed by atoms with Crippen molar-refractivity contribution in [2.24, 2.45) is 0 Å². The third-order valence-electron chi connectivity index (χ3n) is 2.40. The minimum Gasteiger partial charge on any atom is -0.454 e. The molecule has 9 heteroatoms. The third kappa shape index (κ3) is 3.76. The lowest BCUT2D eigenvalue weighted by Gasteiger charge is -2.11. The minimum absolute atomic E-state index is 0.0548. The molecular weight excluding hydrogens is 296 g/mol. The number of nitrogen functional groups attached to an aromatic ring is 1. The van der Waals surface area contributed by atoms with Crippen LogP contribution in [0, 0.1) is 0 Å². The van der Waals surface area contributed by atoms with E-state index in [0.29, 0.717) is 5.95 Å². The molecule has 0 aliphatic heterocycles. The fourth-order valence-corrected chi connectivity index (χ4v) is 1.63. The van der Waals surface area contributed by atoms with Gasteiger partial charge in [0.2, 0.25) is 11.9 Å². The first-order chi connectivity index (χ1) is 9.97.